The summed E-state index contributed by atoms with van der Waals surface area (Å²) in [6.45, 7) is 0. The Morgan fingerprint density at radius 3 is 2.60 bits per heavy atom. The van der Waals surface area contributed by atoms with Crippen LogP contribution in [0, 0.1) is 0 Å². The van der Waals surface area contributed by atoms with Gasteiger partial charge in [-0.25, -0.2) is 9.18 Å². The van der Waals surface area contributed by atoms with Crippen LogP contribution in [-0.2, 0) is 9.59 Å². The minimum absolute atomic E-state index is 0.315. The molecule has 0 aliphatic rings. The second kappa shape index (κ2) is 3.94. The Bertz CT molecular complexity index is 139. The summed E-state index contributed by atoms with van der Waals surface area (Å²) in [5.41, 5.74) is 4.94. The van der Waals surface area contributed by atoms with E-state index in [0.717, 1.165) is 0 Å². The van der Waals surface area contributed by atoms with Crippen LogP contribution >= 0.6 is 0 Å². The van der Waals surface area contributed by atoms with Gasteiger partial charge >= 0.3 is 5.97 Å². The molecule has 0 spiro atoms. The van der Waals surface area contributed by atoms with Gasteiger partial charge < -0.3 is 15.6 Å². The van der Waals surface area contributed by atoms with Crippen LogP contribution in [0.15, 0.2) is 0 Å². The molecule has 0 bridgehead atoms. The van der Waals surface area contributed by atoms with E-state index in [0.29, 0.717) is 6.29 Å². The molecule has 0 aromatic rings. The number of carbonyl (C=O) groups is 2. The van der Waals surface area contributed by atoms with Gasteiger partial charge in [-0.05, 0) is 0 Å². The largest absolute Gasteiger partial charge is 0.479 e. The Balaban J connectivity index is 3.67. The van der Waals surface area contributed by atoms with E-state index in [2.05, 4.69) is 0 Å². The number of carboxylic acid groups (broad SMARTS) is 1. The SMILES string of the molecule is N[C@H](C=O)CC(F)C(=O)O. The Hall–Kier alpha value is -0.970. The summed E-state index contributed by atoms with van der Waals surface area (Å²) in [5.74, 6) is -1.59. The van der Waals surface area contributed by atoms with Crippen molar-refractivity contribution in [1.82, 2.24) is 0 Å². The fourth-order valence-corrected chi connectivity index (χ4v) is 0.395. The molecular weight excluding hydrogens is 141 g/mol. The molecule has 0 heterocycles. The monoisotopic (exact) mass is 149 g/mol. The Morgan fingerprint density at radius 1 is 1.80 bits per heavy atom. The third-order valence-corrected chi connectivity index (χ3v) is 0.922. The number of carbonyl (C=O) groups excluding carboxylic acids is 1. The van der Waals surface area contributed by atoms with Gasteiger partial charge in [-0.2, -0.15) is 0 Å². The standard InChI is InChI=1S/C5H8FNO3/c6-4(5(9)10)1-3(7)2-8/h2-4H,1,7H2,(H,9,10)/t3-,4?/m0/s1. The molecule has 0 saturated carbocycles. The highest BCUT2D eigenvalue weighted by molar-refractivity contribution is 5.73. The summed E-state index contributed by atoms with van der Waals surface area (Å²) in [5, 5.41) is 7.98. The van der Waals surface area contributed by atoms with E-state index in [1.54, 1.807) is 0 Å². The number of nitrogens with two attached hydrogens (primary N) is 1. The van der Waals surface area contributed by atoms with Crippen molar-refractivity contribution in [3.8, 4) is 0 Å². The molecule has 0 aliphatic carbocycles. The van der Waals surface area contributed by atoms with E-state index in [1.807, 2.05) is 0 Å². The number of alkyl halides is 1. The minimum atomic E-state index is -2.04. The summed E-state index contributed by atoms with van der Waals surface area (Å²) in [6, 6.07) is -1.02. The third-order valence-electron chi connectivity index (χ3n) is 0.922. The van der Waals surface area contributed by atoms with Gasteiger partial charge in [-0.15, -0.1) is 0 Å². The molecule has 3 N–H and O–H groups in total. The Kier molecular flexibility index (Phi) is 3.56. The molecule has 5 heteroatoms. The number of carboxylic acids is 1. The first-order valence-electron chi connectivity index (χ1n) is 2.65. The highest BCUT2D eigenvalue weighted by Crippen LogP contribution is 1.98. The van der Waals surface area contributed by atoms with Gasteiger partial charge in [0, 0.05) is 6.42 Å². The molecule has 0 aliphatic heterocycles. The predicted molar refractivity (Wildman–Crippen MR) is 31.2 cm³/mol. The fraction of sp³-hybridized carbons (Fsp3) is 0.600. The molecule has 0 rings (SSSR count). The summed E-state index contributed by atoms with van der Waals surface area (Å²) in [6.07, 6.45) is -2.19. The molecule has 0 saturated heterocycles. The number of rotatable bonds is 4. The average molecular weight is 149 g/mol. The molecule has 0 fully saturated rings. The minimum Gasteiger partial charge on any atom is -0.479 e. The summed E-state index contributed by atoms with van der Waals surface area (Å²) in [7, 11) is 0. The van der Waals surface area contributed by atoms with Gasteiger partial charge in [0.2, 0.25) is 0 Å². The maximum absolute atomic E-state index is 12.1. The number of halogens is 1. The van der Waals surface area contributed by atoms with E-state index < -0.39 is 24.6 Å². The number of hydrogen-bond donors (Lipinski definition) is 2. The van der Waals surface area contributed by atoms with Gasteiger partial charge in [0.1, 0.15) is 6.29 Å². The highest BCUT2D eigenvalue weighted by atomic mass is 19.1. The lowest BCUT2D eigenvalue weighted by molar-refractivity contribution is -0.143. The van der Waals surface area contributed by atoms with Crippen LogP contribution in [0.25, 0.3) is 0 Å². The zero-order chi connectivity index (χ0) is 8.15. The van der Waals surface area contributed by atoms with Crippen molar-refractivity contribution in [3.63, 3.8) is 0 Å². The van der Waals surface area contributed by atoms with Crippen LogP contribution in [0.4, 0.5) is 4.39 Å². The lowest BCUT2D eigenvalue weighted by atomic mass is 10.2. The lowest BCUT2D eigenvalue weighted by Crippen LogP contribution is -2.29. The van der Waals surface area contributed by atoms with Crippen molar-refractivity contribution in [1.29, 1.82) is 0 Å². The molecule has 0 radical (unpaired) electrons. The highest BCUT2D eigenvalue weighted by Gasteiger charge is 2.18. The molecule has 4 nitrogen and oxygen atoms in total. The number of aliphatic carboxylic acids is 1. The Morgan fingerprint density at radius 2 is 2.30 bits per heavy atom. The second-order valence-corrected chi connectivity index (χ2v) is 1.84. The predicted octanol–water partition coefficient (Wildman–Crippen LogP) is -0.675. The normalized spacial score (nSPS) is 15.8. The maximum Gasteiger partial charge on any atom is 0.338 e. The van der Waals surface area contributed by atoms with E-state index in [1.165, 1.54) is 0 Å². The first-order chi connectivity index (χ1) is 4.57. The van der Waals surface area contributed by atoms with E-state index in [9.17, 15) is 14.0 Å². The first kappa shape index (κ1) is 9.03. The summed E-state index contributed by atoms with van der Waals surface area (Å²) < 4.78 is 12.1. The molecule has 0 aromatic heterocycles. The molecule has 2 atom stereocenters. The van der Waals surface area contributed by atoms with Gasteiger partial charge in [0.25, 0.3) is 0 Å². The van der Waals surface area contributed by atoms with Crippen LogP contribution in [0.3, 0.4) is 0 Å². The second-order valence-electron chi connectivity index (χ2n) is 1.84. The molecular formula is C5H8FNO3. The van der Waals surface area contributed by atoms with Gasteiger partial charge in [-0.1, -0.05) is 0 Å². The molecule has 10 heavy (non-hydrogen) atoms. The number of hydrogen-bond acceptors (Lipinski definition) is 3. The molecule has 0 aromatic carbocycles. The quantitative estimate of drug-likeness (QED) is 0.519. The van der Waals surface area contributed by atoms with Crippen molar-refractivity contribution >= 4 is 12.3 Å². The average Bonchev–Trinajstić information content (AvgIpc) is 1.87. The van der Waals surface area contributed by atoms with Gasteiger partial charge in [0.15, 0.2) is 6.17 Å². The molecule has 0 amide bonds. The lowest BCUT2D eigenvalue weighted by Gasteiger charge is -2.03. The molecule has 1 unspecified atom stereocenters. The van der Waals surface area contributed by atoms with Crippen molar-refractivity contribution < 1.29 is 19.1 Å². The van der Waals surface area contributed by atoms with Crippen molar-refractivity contribution in [2.45, 2.75) is 18.6 Å². The van der Waals surface area contributed by atoms with Crippen LogP contribution in [0.1, 0.15) is 6.42 Å². The summed E-state index contributed by atoms with van der Waals surface area (Å²) in [4.78, 5) is 19.6. The molecule has 58 valence electrons. The van der Waals surface area contributed by atoms with Crippen molar-refractivity contribution in [2.24, 2.45) is 5.73 Å². The number of aldehydes is 1. The van der Waals surface area contributed by atoms with Crippen molar-refractivity contribution in [2.75, 3.05) is 0 Å². The topological polar surface area (TPSA) is 80.4 Å². The van der Waals surface area contributed by atoms with Crippen molar-refractivity contribution in [3.05, 3.63) is 0 Å². The zero-order valence-corrected chi connectivity index (χ0v) is 5.16. The zero-order valence-electron chi connectivity index (χ0n) is 5.16. The van der Waals surface area contributed by atoms with Crippen LogP contribution < -0.4 is 5.73 Å². The summed E-state index contributed by atoms with van der Waals surface area (Å²) >= 11 is 0. The van der Waals surface area contributed by atoms with E-state index in [4.69, 9.17) is 10.8 Å². The maximum atomic E-state index is 12.1. The van der Waals surface area contributed by atoms with Gasteiger partial charge in [-0.3, -0.25) is 0 Å². The van der Waals surface area contributed by atoms with Crippen LogP contribution in [-0.4, -0.2) is 29.6 Å². The van der Waals surface area contributed by atoms with E-state index >= 15 is 0 Å². The fourth-order valence-electron chi connectivity index (χ4n) is 0.395. The van der Waals surface area contributed by atoms with Crippen LogP contribution in [0.5, 0.6) is 0 Å². The van der Waals surface area contributed by atoms with Crippen LogP contribution in [0.2, 0.25) is 0 Å². The first-order valence-corrected chi connectivity index (χ1v) is 2.65. The third kappa shape index (κ3) is 3.13. The Labute approximate surface area is 56.8 Å². The van der Waals surface area contributed by atoms with E-state index in [-0.39, 0.29) is 0 Å². The van der Waals surface area contributed by atoms with Gasteiger partial charge in [0.05, 0.1) is 6.04 Å². The smallest absolute Gasteiger partial charge is 0.338 e.